The third kappa shape index (κ3) is 6.15. The molecule has 3 N–H and O–H groups in total. The zero-order valence-corrected chi connectivity index (χ0v) is 20.0. The van der Waals surface area contributed by atoms with E-state index >= 15 is 0 Å². The highest BCUT2D eigenvalue weighted by Gasteiger charge is 2.32. The number of aliphatic hydroxyl groups is 1. The normalized spacial score (nSPS) is 20.1. The number of aliphatic hydroxyl groups excluding tert-OH is 1. The van der Waals surface area contributed by atoms with Gasteiger partial charge >= 0.3 is 6.03 Å². The van der Waals surface area contributed by atoms with Gasteiger partial charge in [-0.15, -0.1) is 10.2 Å². The first-order valence-corrected chi connectivity index (χ1v) is 12.2. The van der Waals surface area contributed by atoms with E-state index in [2.05, 4.69) is 20.8 Å². The topological polar surface area (TPSA) is 111 Å². The zero-order chi connectivity index (χ0) is 23.9. The van der Waals surface area contributed by atoms with Gasteiger partial charge in [-0.1, -0.05) is 48.2 Å². The third-order valence-corrected chi connectivity index (χ3v) is 6.60. The molecule has 2 amide bonds. The second kappa shape index (κ2) is 11.5. The molecular weight excluding hydrogens is 454 g/mol. The first-order chi connectivity index (χ1) is 16.6. The van der Waals surface area contributed by atoms with Gasteiger partial charge in [0, 0.05) is 37.0 Å². The molecule has 4 rings (SSSR count). The van der Waals surface area contributed by atoms with Crippen molar-refractivity contribution < 1.29 is 19.4 Å². The van der Waals surface area contributed by atoms with Gasteiger partial charge < -0.3 is 29.8 Å². The molecule has 9 nitrogen and oxygen atoms in total. The van der Waals surface area contributed by atoms with Crippen molar-refractivity contribution in [3.8, 4) is 0 Å². The number of amides is 2. The largest absolute Gasteiger partial charge is 0.392 e. The Hall–Kier alpha value is -2.92. The van der Waals surface area contributed by atoms with Crippen molar-refractivity contribution in [2.75, 3.05) is 17.6 Å². The number of rotatable bonds is 8. The fourth-order valence-electron chi connectivity index (χ4n) is 3.69. The smallest absolute Gasteiger partial charge is 0.319 e. The minimum absolute atomic E-state index is 0.0000932. The first kappa shape index (κ1) is 24.2. The summed E-state index contributed by atoms with van der Waals surface area (Å²) in [5.41, 5.74) is 3.36. The fourth-order valence-corrected chi connectivity index (χ4v) is 4.60. The molecular formula is C24H29N5O4S. The van der Waals surface area contributed by atoms with E-state index in [1.807, 2.05) is 67.1 Å². The molecule has 1 aromatic heterocycles. The Kier molecular flexibility index (Phi) is 8.17. The molecule has 180 valence electrons. The number of aryl methyl sites for hydroxylation is 1. The molecule has 1 aliphatic heterocycles. The molecule has 1 fully saturated rings. The Morgan fingerprint density at radius 2 is 2.03 bits per heavy atom. The van der Waals surface area contributed by atoms with E-state index in [0.717, 1.165) is 21.8 Å². The minimum Gasteiger partial charge on any atom is -0.392 e. The lowest BCUT2D eigenvalue weighted by Gasteiger charge is -2.36. The van der Waals surface area contributed by atoms with Crippen LogP contribution in [0.15, 0.2) is 60.0 Å². The summed E-state index contributed by atoms with van der Waals surface area (Å²) in [6, 6.07) is 15.0. The molecule has 2 aromatic carbocycles. The number of benzene rings is 2. The highest BCUT2D eigenvalue weighted by molar-refractivity contribution is 7.99. The van der Waals surface area contributed by atoms with Gasteiger partial charge in [-0.25, -0.2) is 4.79 Å². The Morgan fingerprint density at radius 1 is 1.21 bits per heavy atom. The maximum atomic E-state index is 11.9. The Labute approximate surface area is 202 Å². The van der Waals surface area contributed by atoms with Crippen LogP contribution >= 0.6 is 11.8 Å². The minimum atomic E-state index is -0.600. The number of nitrogens with one attached hydrogen (secondary N) is 2. The highest BCUT2D eigenvalue weighted by atomic mass is 32.2. The molecule has 0 spiro atoms. The lowest BCUT2D eigenvalue weighted by molar-refractivity contribution is -0.245. The molecule has 10 heteroatoms. The van der Waals surface area contributed by atoms with Crippen LogP contribution in [-0.4, -0.2) is 44.3 Å². The molecule has 0 radical (unpaired) electrons. The van der Waals surface area contributed by atoms with Crippen LogP contribution in [0.5, 0.6) is 0 Å². The van der Waals surface area contributed by atoms with Gasteiger partial charge in [-0.05, 0) is 30.2 Å². The SMILES string of the molecule is CCNC(=O)Nc1cccc([C@H]2O[C@@H](CSc3nncn3C)C[C@@H](c3ccc(CO)cc3)O2)c1. The predicted molar refractivity (Wildman–Crippen MR) is 129 cm³/mol. The average molecular weight is 484 g/mol. The van der Waals surface area contributed by atoms with Gasteiger partial charge in [0.05, 0.1) is 18.8 Å². The van der Waals surface area contributed by atoms with E-state index in [0.29, 0.717) is 24.4 Å². The summed E-state index contributed by atoms with van der Waals surface area (Å²) >= 11 is 1.59. The first-order valence-electron chi connectivity index (χ1n) is 11.2. The summed E-state index contributed by atoms with van der Waals surface area (Å²) in [5, 5.41) is 23.8. The van der Waals surface area contributed by atoms with Crippen LogP contribution in [0.2, 0.25) is 0 Å². The summed E-state index contributed by atoms with van der Waals surface area (Å²) in [6.07, 6.45) is 1.47. The number of thioether (sulfide) groups is 1. The van der Waals surface area contributed by atoms with Crippen molar-refractivity contribution in [2.45, 2.75) is 43.6 Å². The van der Waals surface area contributed by atoms with E-state index < -0.39 is 6.29 Å². The number of nitrogens with zero attached hydrogens (tertiary/aromatic N) is 3. The molecule has 1 saturated heterocycles. The van der Waals surface area contributed by atoms with Crippen LogP contribution in [0, 0.1) is 0 Å². The van der Waals surface area contributed by atoms with Gasteiger partial charge in [-0.3, -0.25) is 0 Å². The van der Waals surface area contributed by atoms with Gasteiger partial charge in [0.25, 0.3) is 0 Å². The number of carbonyl (C=O) groups excluding carboxylic acids is 1. The Morgan fingerprint density at radius 3 is 2.74 bits per heavy atom. The summed E-state index contributed by atoms with van der Waals surface area (Å²) in [6.45, 7) is 2.41. The quantitative estimate of drug-likeness (QED) is 0.418. The number of hydrogen-bond acceptors (Lipinski definition) is 7. The van der Waals surface area contributed by atoms with Crippen molar-refractivity contribution in [1.29, 1.82) is 0 Å². The lowest BCUT2D eigenvalue weighted by atomic mass is 10.0. The van der Waals surface area contributed by atoms with E-state index in [-0.39, 0.29) is 24.8 Å². The van der Waals surface area contributed by atoms with E-state index in [1.165, 1.54) is 0 Å². The Balaban J connectivity index is 1.53. The van der Waals surface area contributed by atoms with Crippen LogP contribution in [0.3, 0.4) is 0 Å². The number of urea groups is 1. The predicted octanol–water partition coefficient (Wildman–Crippen LogP) is 3.79. The van der Waals surface area contributed by atoms with Gasteiger partial charge in [0.2, 0.25) is 0 Å². The second-order valence-electron chi connectivity index (χ2n) is 8.00. The van der Waals surface area contributed by atoms with E-state index in [9.17, 15) is 9.90 Å². The summed E-state index contributed by atoms with van der Waals surface area (Å²) in [7, 11) is 1.91. The second-order valence-corrected chi connectivity index (χ2v) is 8.98. The number of aromatic nitrogens is 3. The average Bonchev–Trinajstić information content (AvgIpc) is 3.27. The van der Waals surface area contributed by atoms with E-state index in [4.69, 9.17) is 9.47 Å². The van der Waals surface area contributed by atoms with Crippen molar-refractivity contribution in [3.05, 3.63) is 71.5 Å². The van der Waals surface area contributed by atoms with Crippen molar-refractivity contribution in [1.82, 2.24) is 20.1 Å². The summed E-state index contributed by atoms with van der Waals surface area (Å²) < 4.78 is 14.6. The molecule has 34 heavy (non-hydrogen) atoms. The number of ether oxygens (including phenoxy) is 2. The number of hydrogen-bond donors (Lipinski definition) is 3. The van der Waals surface area contributed by atoms with Gasteiger partial charge in [0.1, 0.15) is 6.33 Å². The molecule has 0 unspecified atom stereocenters. The van der Waals surface area contributed by atoms with Crippen LogP contribution < -0.4 is 10.6 Å². The fraction of sp³-hybridized carbons (Fsp3) is 0.375. The molecule has 1 aliphatic rings. The molecule has 3 atom stereocenters. The molecule has 0 saturated carbocycles. The van der Waals surface area contributed by atoms with Crippen molar-refractivity contribution >= 4 is 23.5 Å². The Bertz CT molecular complexity index is 1090. The molecule has 0 aliphatic carbocycles. The third-order valence-electron chi connectivity index (χ3n) is 5.44. The molecule has 2 heterocycles. The monoisotopic (exact) mass is 483 g/mol. The van der Waals surface area contributed by atoms with Crippen LogP contribution in [0.25, 0.3) is 0 Å². The maximum Gasteiger partial charge on any atom is 0.319 e. The standard InChI is InChI=1S/C24H29N5O4S/c1-3-25-23(31)27-19-6-4-5-18(11-19)22-32-20(14-34-24-28-26-15-29(24)2)12-21(33-22)17-9-7-16(13-30)8-10-17/h4-11,15,20-22,30H,3,12-14H2,1-2H3,(H2,25,27,31)/t20-,21+,22+/m1/s1. The van der Waals surface area contributed by atoms with Crippen LogP contribution in [0.1, 0.15) is 42.4 Å². The van der Waals surface area contributed by atoms with Crippen LogP contribution in [0.4, 0.5) is 10.5 Å². The van der Waals surface area contributed by atoms with Gasteiger partial charge in [0.15, 0.2) is 11.4 Å². The zero-order valence-electron chi connectivity index (χ0n) is 19.2. The maximum absolute atomic E-state index is 11.9. The summed E-state index contributed by atoms with van der Waals surface area (Å²) in [5.74, 6) is 0.689. The number of carbonyl (C=O) groups is 1. The van der Waals surface area contributed by atoms with E-state index in [1.54, 1.807) is 18.1 Å². The van der Waals surface area contributed by atoms with Crippen LogP contribution in [-0.2, 0) is 23.1 Å². The van der Waals surface area contributed by atoms with Crippen molar-refractivity contribution in [3.63, 3.8) is 0 Å². The molecule has 0 bridgehead atoms. The summed E-state index contributed by atoms with van der Waals surface area (Å²) in [4.78, 5) is 11.9. The number of anilines is 1. The molecule has 3 aromatic rings. The van der Waals surface area contributed by atoms with Crippen molar-refractivity contribution in [2.24, 2.45) is 7.05 Å². The highest BCUT2D eigenvalue weighted by Crippen LogP contribution is 2.39. The van der Waals surface area contributed by atoms with Gasteiger partial charge in [-0.2, -0.15) is 0 Å². The lowest BCUT2D eigenvalue weighted by Crippen LogP contribution is -2.31.